The number of nitrogens with zero attached hydrogens (tertiary/aromatic N) is 4. The Morgan fingerprint density at radius 3 is 2.34 bits per heavy atom. The molecule has 9 heteroatoms. The SMILES string of the molecule is CC(c1nnc(SCCS(=O)(=O)c2ccccc2)n1-c1ccc(Cl)cc1)N(C)C. The largest absolute Gasteiger partial charge is 0.300 e. The molecule has 1 atom stereocenters. The molecule has 2 aromatic carbocycles. The van der Waals surface area contributed by atoms with Crippen LogP contribution in [0, 0.1) is 0 Å². The smallest absolute Gasteiger partial charge is 0.195 e. The highest BCUT2D eigenvalue weighted by atomic mass is 35.5. The Hall–Kier alpha value is -1.87. The average Bonchev–Trinajstić information content (AvgIpc) is 3.12. The molecule has 3 aromatic rings. The van der Waals surface area contributed by atoms with Crippen LogP contribution in [0.15, 0.2) is 64.6 Å². The van der Waals surface area contributed by atoms with E-state index in [-0.39, 0.29) is 11.8 Å². The van der Waals surface area contributed by atoms with Gasteiger partial charge >= 0.3 is 0 Å². The van der Waals surface area contributed by atoms with E-state index < -0.39 is 9.84 Å². The first-order valence-electron chi connectivity index (χ1n) is 9.08. The molecule has 0 saturated carbocycles. The van der Waals surface area contributed by atoms with Gasteiger partial charge in [0.15, 0.2) is 20.8 Å². The molecule has 0 bridgehead atoms. The van der Waals surface area contributed by atoms with Gasteiger partial charge in [0.1, 0.15) is 0 Å². The summed E-state index contributed by atoms with van der Waals surface area (Å²) in [6, 6.07) is 16.0. The molecule has 0 N–H and O–H groups in total. The molecule has 154 valence electrons. The van der Waals surface area contributed by atoms with Crippen molar-refractivity contribution in [1.29, 1.82) is 0 Å². The number of benzene rings is 2. The van der Waals surface area contributed by atoms with Gasteiger partial charge < -0.3 is 0 Å². The van der Waals surface area contributed by atoms with E-state index in [1.807, 2.05) is 54.8 Å². The molecular weight excluding hydrogens is 428 g/mol. The van der Waals surface area contributed by atoms with Gasteiger partial charge in [0.2, 0.25) is 0 Å². The van der Waals surface area contributed by atoms with Gasteiger partial charge in [0.25, 0.3) is 0 Å². The minimum atomic E-state index is -3.34. The molecule has 3 rings (SSSR count). The fourth-order valence-corrected chi connectivity index (χ4v) is 5.45. The van der Waals surface area contributed by atoms with Crippen LogP contribution in [0.4, 0.5) is 0 Å². The molecule has 0 aliphatic heterocycles. The van der Waals surface area contributed by atoms with Crippen molar-refractivity contribution in [1.82, 2.24) is 19.7 Å². The Kier molecular flexibility index (Phi) is 7.00. The number of thioether (sulfide) groups is 1. The summed E-state index contributed by atoms with van der Waals surface area (Å²) in [7, 11) is 0.614. The number of hydrogen-bond donors (Lipinski definition) is 0. The highest BCUT2D eigenvalue weighted by Gasteiger charge is 2.22. The van der Waals surface area contributed by atoms with Crippen LogP contribution in [0.1, 0.15) is 18.8 Å². The Balaban J connectivity index is 1.85. The fraction of sp³-hybridized carbons (Fsp3) is 0.300. The summed E-state index contributed by atoms with van der Waals surface area (Å²) in [6.07, 6.45) is 0. The zero-order valence-electron chi connectivity index (χ0n) is 16.5. The highest BCUT2D eigenvalue weighted by molar-refractivity contribution is 8.00. The third-order valence-corrected chi connectivity index (χ3v) is 7.75. The standard InChI is InChI=1S/C20H23ClN4O2S2/c1-15(24(2)3)19-22-23-20(25(19)17-11-9-16(21)10-12-17)28-13-14-29(26,27)18-7-5-4-6-8-18/h4-12,15H,13-14H2,1-3H3. The van der Waals surface area contributed by atoms with E-state index in [4.69, 9.17) is 11.6 Å². The Morgan fingerprint density at radius 2 is 1.72 bits per heavy atom. The van der Waals surface area contributed by atoms with Crippen LogP contribution in [0.25, 0.3) is 5.69 Å². The molecule has 29 heavy (non-hydrogen) atoms. The predicted molar refractivity (Wildman–Crippen MR) is 118 cm³/mol. The van der Waals surface area contributed by atoms with Crippen molar-refractivity contribution in [3.8, 4) is 5.69 Å². The maximum atomic E-state index is 12.5. The minimum Gasteiger partial charge on any atom is -0.300 e. The van der Waals surface area contributed by atoms with Crippen LogP contribution in [-0.2, 0) is 9.84 Å². The fourth-order valence-electron chi connectivity index (χ4n) is 2.70. The van der Waals surface area contributed by atoms with E-state index in [1.54, 1.807) is 30.3 Å². The van der Waals surface area contributed by atoms with Gasteiger partial charge in [0, 0.05) is 16.5 Å². The first-order chi connectivity index (χ1) is 13.8. The zero-order chi connectivity index (χ0) is 21.0. The van der Waals surface area contributed by atoms with Crippen molar-refractivity contribution < 1.29 is 8.42 Å². The predicted octanol–water partition coefficient (Wildman–Crippen LogP) is 4.11. The third-order valence-electron chi connectivity index (χ3n) is 4.58. The maximum Gasteiger partial charge on any atom is 0.195 e. The van der Waals surface area contributed by atoms with Crippen molar-refractivity contribution in [3.05, 3.63) is 65.4 Å². The Morgan fingerprint density at radius 1 is 1.07 bits per heavy atom. The second kappa shape index (κ2) is 9.30. The zero-order valence-corrected chi connectivity index (χ0v) is 18.9. The lowest BCUT2D eigenvalue weighted by Crippen LogP contribution is -2.20. The number of sulfone groups is 1. The van der Waals surface area contributed by atoms with Gasteiger partial charge in [0.05, 0.1) is 16.7 Å². The van der Waals surface area contributed by atoms with Crippen molar-refractivity contribution in [3.63, 3.8) is 0 Å². The van der Waals surface area contributed by atoms with E-state index >= 15 is 0 Å². The van der Waals surface area contributed by atoms with Gasteiger partial charge in [-0.3, -0.25) is 9.47 Å². The van der Waals surface area contributed by atoms with Crippen molar-refractivity contribution in [2.24, 2.45) is 0 Å². The highest BCUT2D eigenvalue weighted by Crippen LogP contribution is 2.28. The first-order valence-corrected chi connectivity index (χ1v) is 12.1. The van der Waals surface area contributed by atoms with E-state index in [2.05, 4.69) is 10.2 Å². The lowest BCUT2D eigenvalue weighted by atomic mass is 10.2. The van der Waals surface area contributed by atoms with E-state index in [0.717, 1.165) is 11.5 Å². The molecular formula is C20H23ClN4O2S2. The summed E-state index contributed by atoms with van der Waals surface area (Å²) in [5.41, 5.74) is 0.886. The van der Waals surface area contributed by atoms with Crippen molar-refractivity contribution >= 4 is 33.2 Å². The minimum absolute atomic E-state index is 0.0216. The quantitative estimate of drug-likeness (QED) is 0.481. The number of halogens is 1. The maximum absolute atomic E-state index is 12.5. The molecule has 0 aliphatic carbocycles. The summed E-state index contributed by atoms with van der Waals surface area (Å²) < 4.78 is 27.0. The molecule has 0 amide bonds. The Labute approximate surface area is 180 Å². The molecule has 6 nitrogen and oxygen atoms in total. The lowest BCUT2D eigenvalue weighted by Gasteiger charge is -2.20. The Bertz CT molecular complexity index is 1050. The van der Waals surface area contributed by atoms with Gasteiger partial charge in [-0.1, -0.05) is 41.6 Å². The van der Waals surface area contributed by atoms with E-state index in [1.165, 1.54) is 11.8 Å². The van der Waals surface area contributed by atoms with Crippen LogP contribution in [0.3, 0.4) is 0 Å². The molecule has 0 aliphatic rings. The second-order valence-corrected chi connectivity index (χ2v) is 10.4. The van der Waals surface area contributed by atoms with Crippen LogP contribution < -0.4 is 0 Å². The van der Waals surface area contributed by atoms with Gasteiger partial charge in [-0.25, -0.2) is 8.42 Å². The van der Waals surface area contributed by atoms with Crippen molar-refractivity contribution in [2.75, 3.05) is 25.6 Å². The summed E-state index contributed by atoms with van der Waals surface area (Å²) in [4.78, 5) is 2.38. The van der Waals surface area contributed by atoms with Crippen LogP contribution in [0.2, 0.25) is 5.02 Å². The van der Waals surface area contributed by atoms with Crippen LogP contribution in [0.5, 0.6) is 0 Å². The van der Waals surface area contributed by atoms with Gasteiger partial charge in [-0.05, 0) is 57.4 Å². The molecule has 1 aromatic heterocycles. The summed E-state index contributed by atoms with van der Waals surface area (Å²) in [6.45, 7) is 2.05. The van der Waals surface area contributed by atoms with Crippen molar-refractivity contribution in [2.45, 2.75) is 23.0 Å². The van der Waals surface area contributed by atoms with Crippen LogP contribution >= 0.6 is 23.4 Å². The van der Waals surface area contributed by atoms with E-state index in [9.17, 15) is 8.42 Å². The molecule has 0 fully saturated rings. The second-order valence-electron chi connectivity index (χ2n) is 6.77. The molecule has 0 spiro atoms. The summed E-state index contributed by atoms with van der Waals surface area (Å²) in [5.74, 6) is 1.18. The third kappa shape index (κ3) is 5.19. The number of aromatic nitrogens is 3. The van der Waals surface area contributed by atoms with Gasteiger partial charge in [-0.2, -0.15) is 0 Å². The first kappa shape index (κ1) is 21.8. The molecule has 0 radical (unpaired) electrons. The number of rotatable bonds is 8. The van der Waals surface area contributed by atoms with E-state index in [0.29, 0.717) is 20.8 Å². The molecule has 1 unspecified atom stereocenters. The number of hydrogen-bond acceptors (Lipinski definition) is 6. The summed E-state index contributed by atoms with van der Waals surface area (Å²) >= 11 is 7.41. The summed E-state index contributed by atoms with van der Waals surface area (Å²) in [5, 5.41) is 10.0. The normalized spacial score (nSPS) is 13.0. The van der Waals surface area contributed by atoms with Crippen LogP contribution in [-0.4, -0.2) is 53.7 Å². The molecule has 1 heterocycles. The monoisotopic (exact) mass is 450 g/mol. The molecule has 0 saturated heterocycles. The lowest BCUT2D eigenvalue weighted by molar-refractivity contribution is 0.305. The average molecular weight is 451 g/mol. The van der Waals surface area contributed by atoms with Gasteiger partial charge in [-0.15, -0.1) is 10.2 Å². The topological polar surface area (TPSA) is 68.1 Å².